The Hall–Kier alpha value is -0.200. The minimum Gasteiger partial charge on any atom is -0.123 e. The average molecular weight is 231 g/mol. The monoisotopic (exact) mass is 230 g/mol. The maximum Gasteiger partial charge on any atom is 0.0405 e. The molecule has 0 N–H and O–H groups in total. The predicted octanol–water partition coefficient (Wildman–Crippen LogP) is 4.90. The average Bonchev–Trinajstić information content (AvgIpc) is 2.21. The first-order valence-electron chi connectivity index (χ1n) is 5.13. The minimum atomic E-state index is 0.508. The molecule has 1 saturated carbocycles. The van der Waals surface area contributed by atoms with E-state index in [1.807, 2.05) is 30.3 Å². The van der Waals surface area contributed by atoms with Gasteiger partial charge in [-0.3, -0.25) is 0 Å². The van der Waals surface area contributed by atoms with E-state index in [4.69, 9.17) is 23.2 Å². The molecule has 0 bridgehead atoms. The van der Waals surface area contributed by atoms with Gasteiger partial charge in [-0.15, -0.1) is 11.6 Å². The molecule has 0 aliphatic heterocycles. The van der Waals surface area contributed by atoms with Crippen LogP contribution in [0.5, 0.6) is 0 Å². The van der Waals surface area contributed by atoms with Crippen LogP contribution in [0.25, 0.3) is 0 Å². The summed E-state index contributed by atoms with van der Waals surface area (Å²) in [5, 5.41) is 1.30. The second-order valence-electron chi connectivity index (χ2n) is 3.53. The molecule has 1 aromatic carbocycles. The summed E-state index contributed by atoms with van der Waals surface area (Å²) in [5.74, 6) is 0. The molecule has 2 rings (SSSR count). The SMILES string of the molecule is ClC1CCCCC1.Clc1ccccc1. The summed E-state index contributed by atoms with van der Waals surface area (Å²) < 4.78 is 0. The van der Waals surface area contributed by atoms with Crippen LogP contribution in [0.1, 0.15) is 32.1 Å². The number of rotatable bonds is 0. The van der Waals surface area contributed by atoms with Gasteiger partial charge in [-0.05, 0) is 25.0 Å². The van der Waals surface area contributed by atoms with Crippen molar-refractivity contribution in [2.24, 2.45) is 0 Å². The van der Waals surface area contributed by atoms with E-state index in [1.54, 1.807) is 0 Å². The normalized spacial score (nSPS) is 17.0. The summed E-state index contributed by atoms with van der Waals surface area (Å²) in [6.45, 7) is 0. The Labute approximate surface area is 96.2 Å². The highest BCUT2D eigenvalue weighted by Crippen LogP contribution is 2.21. The lowest BCUT2D eigenvalue weighted by Crippen LogP contribution is -2.03. The summed E-state index contributed by atoms with van der Waals surface area (Å²) in [7, 11) is 0. The minimum absolute atomic E-state index is 0.508. The van der Waals surface area contributed by atoms with Crippen LogP contribution < -0.4 is 0 Å². The largest absolute Gasteiger partial charge is 0.123 e. The number of halogens is 2. The van der Waals surface area contributed by atoms with Gasteiger partial charge in [0.2, 0.25) is 0 Å². The molecule has 78 valence electrons. The fourth-order valence-corrected chi connectivity index (χ4v) is 1.92. The maximum atomic E-state index is 5.82. The summed E-state index contributed by atoms with van der Waals surface area (Å²) >= 11 is 11.4. The van der Waals surface area contributed by atoms with E-state index >= 15 is 0 Å². The quantitative estimate of drug-likeness (QED) is 0.557. The van der Waals surface area contributed by atoms with Crippen LogP contribution in [0.15, 0.2) is 30.3 Å². The second-order valence-corrected chi connectivity index (χ2v) is 4.58. The molecular formula is C12H16Cl2. The van der Waals surface area contributed by atoms with Gasteiger partial charge in [0.1, 0.15) is 0 Å². The van der Waals surface area contributed by atoms with Crippen molar-refractivity contribution in [1.29, 1.82) is 0 Å². The zero-order chi connectivity index (χ0) is 10.2. The molecule has 1 aliphatic rings. The van der Waals surface area contributed by atoms with Gasteiger partial charge >= 0.3 is 0 Å². The molecule has 0 saturated heterocycles. The Kier molecular flexibility index (Phi) is 6.05. The van der Waals surface area contributed by atoms with Crippen molar-refractivity contribution >= 4 is 23.2 Å². The predicted molar refractivity (Wildman–Crippen MR) is 64.2 cm³/mol. The molecule has 1 fully saturated rings. The molecule has 0 radical (unpaired) electrons. The van der Waals surface area contributed by atoms with Gasteiger partial charge in [-0.25, -0.2) is 0 Å². The molecule has 1 aliphatic carbocycles. The third-order valence-corrected chi connectivity index (χ3v) is 2.96. The Balaban J connectivity index is 0.000000140. The van der Waals surface area contributed by atoms with Gasteiger partial charge in [-0.2, -0.15) is 0 Å². The van der Waals surface area contributed by atoms with Gasteiger partial charge in [0.25, 0.3) is 0 Å². The Bertz CT molecular complexity index is 227. The Morgan fingerprint density at radius 1 is 0.929 bits per heavy atom. The number of hydrogen-bond acceptors (Lipinski definition) is 0. The van der Waals surface area contributed by atoms with E-state index in [0.717, 1.165) is 5.02 Å². The van der Waals surface area contributed by atoms with E-state index in [2.05, 4.69) is 0 Å². The topological polar surface area (TPSA) is 0 Å². The van der Waals surface area contributed by atoms with Crippen molar-refractivity contribution in [3.63, 3.8) is 0 Å². The van der Waals surface area contributed by atoms with Crippen molar-refractivity contribution in [2.75, 3.05) is 0 Å². The lowest BCUT2D eigenvalue weighted by atomic mass is 10.0. The fourth-order valence-electron chi connectivity index (χ4n) is 1.47. The molecule has 1 aromatic rings. The zero-order valence-corrected chi connectivity index (χ0v) is 9.77. The van der Waals surface area contributed by atoms with E-state index in [1.165, 1.54) is 32.1 Å². The summed E-state index contributed by atoms with van der Waals surface area (Å²) in [6.07, 6.45) is 6.62. The van der Waals surface area contributed by atoms with Crippen LogP contribution in [0.3, 0.4) is 0 Å². The van der Waals surface area contributed by atoms with Gasteiger partial charge < -0.3 is 0 Å². The highest BCUT2D eigenvalue weighted by molar-refractivity contribution is 6.30. The highest BCUT2D eigenvalue weighted by Gasteiger charge is 2.08. The third-order valence-electron chi connectivity index (χ3n) is 2.27. The van der Waals surface area contributed by atoms with Crippen molar-refractivity contribution in [3.05, 3.63) is 35.4 Å². The summed E-state index contributed by atoms with van der Waals surface area (Å²) in [5.41, 5.74) is 0. The Morgan fingerprint density at radius 2 is 1.50 bits per heavy atom. The molecule has 0 nitrogen and oxygen atoms in total. The third kappa shape index (κ3) is 5.51. The fraction of sp³-hybridized carbons (Fsp3) is 0.500. The van der Waals surface area contributed by atoms with Crippen molar-refractivity contribution in [1.82, 2.24) is 0 Å². The smallest absolute Gasteiger partial charge is 0.0405 e. The van der Waals surface area contributed by atoms with Crippen molar-refractivity contribution in [2.45, 2.75) is 37.5 Å². The Morgan fingerprint density at radius 3 is 1.79 bits per heavy atom. The molecule has 14 heavy (non-hydrogen) atoms. The van der Waals surface area contributed by atoms with Crippen LogP contribution in [0.4, 0.5) is 0 Å². The molecular weight excluding hydrogens is 215 g/mol. The molecule has 0 aromatic heterocycles. The first-order valence-corrected chi connectivity index (χ1v) is 5.95. The molecule has 0 unspecified atom stereocenters. The van der Waals surface area contributed by atoms with Crippen molar-refractivity contribution < 1.29 is 0 Å². The van der Waals surface area contributed by atoms with Crippen LogP contribution in [-0.2, 0) is 0 Å². The van der Waals surface area contributed by atoms with E-state index < -0.39 is 0 Å². The molecule has 0 atom stereocenters. The summed E-state index contributed by atoms with van der Waals surface area (Å²) in [6, 6.07) is 9.44. The zero-order valence-electron chi connectivity index (χ0n) is 8.26. The lowest BCUT2D eigenvalue weighted by Gasteiger charge is -2.13. The van der Waals surface area contributed by atoms with E-state index in [-0.39, 0.29) is 0 Å². The molecule has 2 heteroatoms. The molecule has 0 spiro atoms. The number of hydrogen-bond donors (Lipinski definition) is 0. The highest BCUT2D eigenvalue weighted by atomic mass is 35.5. The van der Waals surface area contributed by atoms with Gasteiger partial charge in [-0.1, -0.05) is 49.1 Å². The first-order chi connectivity index (χ1) is 6.79. The van der Waals surface area contributed by atoms with Gasteiger partial charge in [0.15, 0.2) is 0 Å². The maximum absolute atomic E-state index is 5.82. The van der Waals surface area contributed by atoms with Crippen LogP contribution in [-0.4, -0.2) is 5.38 Å². The standard InChI is InChI=1S/C6H11Cl.C6H5Cl/c2*7-6-4-2-1-3-5-6/h6H,1-5H2;1-5H. The van der Waals surface area contributed by atoms with Crippen LogP contribution >= 0.6 is 23.2 Å². The number of alkyl halides is 1. The van der Waals surface area contributed by atoms with Gasteiger partial charge in [0, 0.05) is 10.4 Å². The van der Waals surface area contributed by atoms with Crippen molar-refractivity contribution in [3.8, 4) is 0 Å². The molecule has 0 amide bonds. The molecule has 0 heterocycles. The first kappa shape index (κ1) is 11.9. The number of benzene rings is 1. The van der Waals surface area contributed by atoms with E-state index in [9.17, 15) is 0 Å². The van der Waals surface area contributed by atoms with Crippen LogP contribution in [0.2, 0.25) is 5.02 Å². The van der Waals surface area contributed by atoms with Crippen LogP contribution in [0, 0.1) is 0 Å². The summed E-state index contributed by atoms with van der Waals surface area (Å²) in [4.78, 5) is 0. The van der Waals surface area contributed by atoms with Gasteiger partial charge in [0.05, 0.1) is 0 Å². The van der Waals surface area contributed by atoms with E-state index in [0.29, 0.717) is 5.38 Å². The lowest BCUT2D eigenvalue weighted by molar-refractivity contribution is 0.511. The second kappa shape index (κ2) is 7.14.